The molecule has 0 aromatic rings. The molecule has 4 heteroatoms. The molecule has 0 spiro atoms. The van der Waals surface area contributed by atoms with Gasteiger partial charge in [0.25, 0.3) is 0 Å². The quantitative estimate of drug-likeness (QED) is 0.396. The Morgan fingerprint density at radius 1 is 1.27 bits per heavy atom. The van der Waals surface area contributed by atoms with Gasteiger partial charge in [0, 0.05) is 39.3 Å². The van der Waals surface area contributed by atoms with Crippen LogP contribution in [-0.2, 0) is 0 Å². The molecule has 66 valence electrons. The van der Waals surface area contributed by atoms with Gasteiger partial charge in [0.2, 0.25) is 0 Å². The predicted octanol–water partition coefficient (Wildman–Crippen LogP) is -1.30. The monoisotopic (exact) mass is 158 g/mol. The molecule has 1 aliphatic heterocycles. The highest BCUT2D eigenvalue weighted by Crippen LogP contribution is 1.96. The molecule has 3 N–H and O–H groups in total. The first-order valence-corrected chi connectivity index (χ1v) is 4.17. The number of nitrogens with two attached hydrogens (primary N) is 1. The summed E-state index contributed by atoms with van der Waals surface area (Å²) in [7, 11) is 2.17. The number of hydrogen-bond donors (Lipinski definition) is 2. The zero-order valence-electron chi connectivity index (χ0n) is 7.21. The van der Waals surface area contributed by atoms with Crippen LogP contribution in [-0.4, -0.2) is 56.1 Å². The summed E-state index contributed by atoms with van der Waals surface area (Å²) in [5.41, 5.74) is 2.67. The molecule has 0 aliphatic carbocycles. The van der Waals surface area contributed by atoms with Gasteiger partial charge < -0.3 is 4.90 Å². The maximum Gasteiger partial charge on any atom is 0.0225 e. The number of rotatable bonds is 3. The minimum Gasteiger partial charge on any atom is -0.304 e. The van der Waals surface area contributed by atoms with Crippen LogP contribution in [0.1, 0.15) is 0 Å². The first kappa shape index (κ1) is 8.93. The van der Waals surface area contributed by atoms with Crippen LogP contribution in [0.4, 0.5) is 0 Å². The van der Waals surface area contributed by atoms with Crippen LogP contribution in [0.15, 0.2) is 0 Å². The lowest BCUT2D eigenvalue weighted by atomic mass is 10.3. The van der Waals surface area contributed by atoms with Crippen LogP contribution >= 0.6 is 0 Å². The van der Waals surface area contributed by atoms with Crippen molar-refractivity contribution in [1.82, 2.24) is 15.2 Å². The van der Waals surface area contributed by atoms with Crippen molar-refractivity contribution in [3.05, 3.63) is 0 Å². The summed E-state index contributed by atoms with van der Waals surface area (Å²) in [6.07, 6.45) is 0. The van der Waals surface area contributed by atoms with E-state index < -0.39 is 0 Å². The molecule has 1 aliphatic rings. The lowest BCUT2D eigenvalue weighted by Gasteiger charge is -2.32. The SMILES string of the molecule is CN1CCN(CCNN)CC1. The van der Waals surface area contributed by atoms with Crippen molar-refractivity contribution >= 4 is 0 Å². The molecule has 0 unspecified atom stereocenters. The highest BCUT2D eigenvalue weighted by molar-refractivity contribution is 4.68. The van der Waals surface area contributed by atoms with E-state index in [4.69, 9.17) is 5.84 Å². The fourth-order valence-electron chi connectivity index (χ4n) is 1.29. The van der Waals surface area contributed by atoms with Gasteiger partial charge in [-0.05, 0) is 7.05 Å². The molecule has 0 bridgehead atoms. The third-order valence-corrected chi connectivity index (χ3v) is 2.17. The normalized spacial score (nSPS) is 22.4. The number of hydrazine groups is 1. The molecule has 1 saturated heterocycles. The van der Waals surface area contributed by atoms with E-state index >= 15 is 0 Å². The van der Waals surface area contributed by atoms with Crippen LogP contribution in [0.2, 0.25) is 0 Å². The van der Waals surface area contributed by atoms with E-state index in [1.807, 2.05) is 0 Å². The molecule has 1 rings (SSSR count). The van der Waals surface area contributed by atoms with Crippen molar-refractivity contribution in [2.24, 2.45) is 5.84 Å². The molecule has 0 aromatic carbocycles. The summed E-state index contributed by atoms with van der Waals surface area (Å²) in [5.74, 6) is 5.19. The summed E-state index contributed by atoms with van der Waals surface area (Å²) >= 11 is 0. The molecule has 1 heterocycles. The molecule has 0 amide bonds. The highest BCUT2D eigenvalue weighted by atomic mass is 15.3. The second kappa shape index (κ2) is 4.66. The van der Waals surface area contributed by atoms with E-state index in [1.165, 1.54) is 26.2 Å². The van der Waals surface area contributed by atoms with Crippen molar-refractivity contribution in [2.45, 2.75) is 0 Å². The molecule has 0 aromatic heterocycles. The Labute approximate surface area is 68.3 Å². The maximum atomic E-state index is 5.19. The largest absolute Gasteiger partial charge is 0.304 e. The lowest BCUT2D eigenvalue weighted by molar-refractivity contribution is 0.155. The number of nitrogens with zero attached hydrogens (tertiary/aromatic N) is 2. The molecular formula is C7H18N4. The van der Waals surface area contributed by atoms with Crippen molar-refractivity contribution < 1.29 is 0 Å². The maximum absolute atomic E-state index is 5.19. The molecule has 0 saturated carbocycles. The van der Waals surface area contributed by atoms with Crippen molar-refractivity contribution in [2.75, 3.05) is 46.3 Å². The number of nitrogens with one attached hydrogen (secondary N) is 1. The van der Waals surface area contributed by atoms with E-state index in [0.717, 1.165) is 13.1 Å². The molecule has 11 heavy (non-hydrogen) atoms. The number of hydrogen-bond acceptors (Lipinski definition) is 4. The highest BCUT2D eigenvalue weighted by Gasteiger charge is 2.11. The van der Waals surface area contributed by atoms with E-state index in [2.05, 4.69) is 22.3 Å². The Hall–Kier alpha value is -0.160. The summed E-state index contributed by atoms with van der Waals surface area (Å²) in [6, 6.07) is 0. The van der Waals surface area contributed by atoms with Crippen LogP contribution in [0, 0.1) is 0 Å². The number of likely N-dealkylation sites (N-methyl/N-ethyl adjacent to an activating group) is 1. The van der Waals surface area contributed by atoms with Gasteiger partial charge >= 0.3 is 0 Å². The average Bonchev–Trinajstić information content (AvgIpc) is 2.04. The predicted molar refractivity (Wildman–Crippen MR) is 46.1 cm³/mol. The summed E-state index contributed by atoms with van der Waals surface area (Å²) in [4.78, 5) is 4.78. The first-order valence-electron chi connectivity index (χ1n) is 4.17. The molecule has 4 nitrogen and oxygen atoms in total. The van der Waals surface area contributed by atoms with Gasteiger partial charge in [-0.2, -0.15) is 0 Å². The molecule has 0 atom stereocenters. The molecular weight excluding hydrogens is 140 g/mol. The van der Waals surface area contributed by atoms with Gasteiger partial charge in [-0.3, -0.25) is 16.2 Å². The smallest absolute Gasteiger partial charge is 0.0225 e. The van der Waals surface area contributed by atoms with E-state index in [-0.39, 0.29) is 0 Å². The van der Waals surface area contributed by atoms with Gasteiger partial charge in [-0.1, -0.05) is 0 Å². The summed E-state index contributed by atoms with van der Waals surface area (Å²) in [6.45, 7) is 6.69. The van der Waals surface area contributed by atoms with E-state index in [9.17, 15) is 0 Å². The Morgan fingerprint density at radius 2 is 1.91 bits per heavy atom. The van der Waals surface area contributed by atoms with E-state index in [0.29, 0.717) is 0 Å². The first-order chi connectivity index (χ1) is 5.33. The van der Waals surface area contributed by atoms with Crippen molar-refractivity contribution in [1.29, 1.82) is 0 Å². The second-order valence-corrected chi connectivity index (χ2v) is 3.10. The minimum atomic E-state index is 0.893. The van der Waals surface area contributed by atoms with Gasteiger partial charge in [-0.25, -0.2) is 0 Å². The lowest BCUT2D eigenvalue weighted by Crippen LogP contribution is -2.47. The number of piperazine rings is 1. The van der Waals surface area contributed by atoms with Gasteiger partial charge in [0.05, 0.1) is 0 Å². The average molecular weight is 158 g/mol. The van der Waals surface area contributed by atoms with E-state index in [1.54, 1.807) is 0 Å². The molecule has 0 radical (unpaired) electrons. The second-order valence-electron chi connectivity index (χ2n) is 3.10. The van der Waals surface area contributed by atoms with Crippen molar-refractivity contribution in [3.8, 4) is 0 Å². The zero-order chi connectivity index (χ0) is 8.10. The third kappa shape index (κ3) is 3.16. The van der Waals surface area contributed by atoms with Crippen LogP contribution < -0.4 is 11.3 Å². The third-order valence-electron chi connectivity index (χ3n) is 2.17. The standard InChI is InChI=1S/C7H18N4/c1-10-4-6-11(7-5-10)3-2-9-8/h9H,2-8H2,1H3. The Morgan fingerprint density at radius 3 is 2.45 bits per heavy atom. The Kier molecular flexibility index (Phi) is 3.79. The summed E-state index contributed by atoms with van der Waals surface area (Å²) < 4.78 is 0. The van der Waals surface area contributed by atoms with Crippen LogP contribution in [0.25, 0.3) is 0 Å². The van der Waals surface area contributed by atoms with Crippen LogP contribution in [0.3, 0.4) is 0 Å². The van der Waals surface area contributed by atoms with Gasteiger partial charge in [0.15, 0.2) is 0 Å². The Bertz CT molecular complexity index is 95.9. The van der Waals surface area contributed by atoms with Gasteiger partial charge in [0.1, 0.15) is 0 Å². The fourth-order valence-corrected chi connectivity index (χ4v) is 1.29. The fraction of sp³-hybridized carbons (Fsp3) is 1.00. The zero-order valence-corrected chi connectivity index (χ0v) is 7.21. The van der Waals surface area contributed by atoms with Gasteiger partial charge in [-0.15, -0.1) is 0 Å². The van der Waals surface area contributed by atoms with Crippen molar-refractivity contribution in [3.63, 3.8) is 0 Å². The topological polar surface area (TPSA) is 44.5 Å². The van der Waals surface area contributed by atoms with Crippen LogP contribution in [0.5, 0.6) is 0 Å². The summed E-state index contributed by atoms with van der Waals surface area (Å²) in [5, 5.41) is 0. The Balaban J connectivity index is 2.07. The molecule has 1 fully saturated rings. The minimum absolute atomic E-state index is 0.893.